The van der Waals surface area contributed by atoms with Crippen LogP contribution in [0.2, 0.25) is 0 Å². The van der Waals surface area contributed by atoms with Crippen molar-refractivity contribution in [1.82, 2.24) is 15.8 Å². The molecule has 9 nitrogen and oxygen atoms in total. The highest BCUT2D eigenvalue weighted by atomic mass is 32.1. The van der Waals surface area contributed by atoms with Gasteiger partial charge in [-0.3, -0.25) is 20.4 Å². The maximum absolute atomic E-state index is 12.4. The minimum Gasteiger partial charge on any atom is -0.485 e. The Bertz CT molecular complexity index is 1150. The largest absolute Gasteiger partial charge is 0.485 e. The van der Waals surface area contributed by atoms with Gasteiger partial charge in [-0.05, 0) is 19.1 Å². The normalized spacial score (nSPS) is 14.3. The van der Waals surface area contributed by atoms with E-state index in [9.17, 15) is 14.4 Å². The lowest BCUT2D eigenvalue weighted by atomic mass is 10.2. The van der Waals surface area contributed by atoms with E-state index in [2.05, 4.69) is 15.8 Å². The highest BCUT2D eigenvalue weighted by Gasteiger charge is 2.27. The van der Waals surface area contributed by atoms with E-state index in [1.165, 1.54) is 11.3 Å². The predicted octanol–water partition coefficient (Wildman–Crippen LogP) is 2.26. The van der Waals surface area contributed by atoms with Crippen molar-refractivity contribution in [2.75, 3.05) is 13.2 Å². The Hall–Kier alpha value is -3.92. The number of aromatic nitrogens is 1. The number of hydrogen-bond donors (Lipinski definition) is 2. The van der Waals surface area contributed by atoms with Gasteiger partial charge in [0.2, 0.25) is 6.10 Å². The third kappa shape index (κ3) is 4.86. The van der Waals surface area contributed by atoms with Crippen molar-refractivity contribution in [2.45, 2.75) is 13.0 Å². The molecule has 0 bridgehead atoms. The topological polar surface area (TPSA) is 116 Å². The van der Waals surface area contributed by atoms with E-state index in [1.54, 1.807) is 31.2 Å². The molecule has 1 aromatic heterocycles. The molecule has 2 aromatic carbocycles. The van der Waals surface area contributed by atoms with Crippen molar-refractivity contribution < 1.29 is 28.6 Å². The van der Waals surface area contributed by atoms with Crippen molar-refractivity contribution in [2.24, 2.45) is 0 Å². The van der Waals surface area contributed by atoms with Gasteiger partial charge < -0.3 is 14.2 Å². The lowest BCUT2D eigenvalue weighted by molar-refractivity contribution is -0.135. The Morgan fingerprint density at radius 2 is 1.78 bits per heavy atom. The van der Waals surface area contributed by atoms with E-state index in [1.807, 2.05) is 30.3 Å². The average molecular weight is 453 g/mol. The molecule has 1 atom stereocenters. The standard InChI is InChI=1S/C22H19N3O6S/c1-13-19(32-21(23-13)14-7-3-2-4-8-14)22(28)30-12-18(26)24-25-20(27)17-11-29-15-9-5-6-10-16(15)31-17/h2-10,17H,11-12H2,1H3,(H,24,26)(H,25,27). The molecule has 10 heteroatoms. The molecule has 2 heterocycles. The third-order valence-electron chi connectivity index (χ3n) is 4.46. The zero-order valence-electron chi connectivity index (χ0n) is 17.0. The van der Waals surface area contributed by atoms with Crippen molar-refractivity contribution >= 4 is 29.1 Å². The summed E-state index contributed by atoms with van der Waals surface area (Å²) in [5, 5.41) is 0.683. The fourth-order valence-corrected chi connectivity index (χ4v) is 3.85. The number of hydrogen-bond acceptors (Lipinski definition) is 8. The number of amides is 2. The minimum atomic E-state index is -0.927. The molecule has 3 aromatic rings. The zero-order valence-corrected chi connectivity index (χ0v) is 17.8. The van der Waals surface area contributed by atoms with Crippen LogP contribution in [0.3, 0.4) is 0 Å². The van der Waals surface area contributed by atoms with E-state index >= 15 is 0 Å². The first kappa shape index (κ1) is 21.3. The summed E-state index contributed by atoms with van der Waals surface area (Å²) >= 11 is 1.19. The minimum absolute atomic E-state index is 0.00209. The number of nitrogens with one attached hydrogen (secondary N) is 2. The molecule has 2 N–H and O–H groups in total. The van der Waals surface area contributed by atoms with Gasteiger partial charge in [-0.1, -0.05) is 42.5 Å². The molecule has 0 saturated heterocycles. The first-order chi connectivity index (χ1) is 15.5. The van der Waals surface area contributed by atoms with Gasteiger partial charge in [-0.2, -0.15) is 0 Å². The summed E-state index contributed by atoms with van der Waals surface area (Å²) < 4.78 is 16.1. The number of rotatable bonds is 5. The molecule has 164 valence electrons. The van der Waals surface area contributed by atoms with Crippen LogP contribution in [-0.2, 0) is 14.3 Å². The predicted molar refractivity (Wildman–Crippen MR) is 115 cm³/mol. The van der Waals surface area contributed by atoms with Crippen LogP contribution in [-0.4, -0.2) is 42.1 Å². The Labute approximate surface area is 187 Å². The summed E-state index contributed by atoms with van der Waals surface area (Å²) in [4.78, 5) is 41.3. The first-order valence-electron chi connectivity index (χ1n) is 9.68. The molecule has 0 aliphatic carbocycles. The van der Waals surface area contributed by atoms with Crippen LogP contribution in [0.5, 0.6) is 11.5 Å². The number of benzene rings is 2. The summed E-state index contributed by atoms with van der Waals surface area (Å²) in [7, 11) is 0. The number of ether oxygens (including phenoxy) is 3. The van der Waals surface area contributed by atoms with Crippen molar-refractivity contribution in [3.63, 3.8) is 0 Å². The number of aryl methyl sites for hydroxylation is 1. The van der Waals surface area contributed by atoms with Crippen LogP contribution >= 0.6 is 11.3 Å². The lowest BCUT2D eigenvalue weighted by Crippen LogP contribution is -2.51. The van der Waals surface area contributed by atoms with E-state index in [0.717, 1.165) is 5.56 Å². The molecule has 1 aliphatic heterocycles. The van der Waals surface area contributed by atoms with Gasteiger partial charge in [0.1, 0.15) is 16.5 Å². The second-order valence-corrected chi connectivity index (χ2v) is 7.78. The number of fused-ring (bicyclic) bond motifs is 1. The number of thiazole rings is 1. The van der Waals surface area contributed by atoms with Crippen LogP contribution in [0.25, 0.3) is 10.6 Å². The Balaban J connectivity index is 1.25. The molecule has 2 amide bonds. The molecule has 0 saturated carbocycles. The molecule has 0 fully saturated rings. The molecule has 0 radical (unpaired) electrons. The van der Waals surface area contributed by atoms with Gasteiger partial charge in [0, 0.05) is 5.56 Å². The number of nitrogens with zero attached hydrogens (tertiary/aromatic N) is 1. The second-order valence-electron chi connectivity index (χ2n) is 6.78. The Morgan fingerprint density at radius 3 is 2.56 bits per heavy atom. The smallest absolute Gasteiger partial charge is 0.350 e. The zero-order chi connectivity index (χ0) is 22.5. The summed E-state index contributed by atoms with van der Waals surface area (Å²) in [6.07, 6.45) is -0.927. The fourth-order valence-electron chi connectivity index (χ4n) is 2.88. The molecule has 1 aliphatic rings. The van der Waals surface area contributed by atoms with E-state index in [4.69, 9.17) is 14.2 Å². The van der Waals surface area contributed by atoms with Crippen LogP contribution < -0.4 is 20.3 Å². The van der Waals surface area contributed by atoms with E-state index in [0.29, 0.717) is 27.1 Å². The Morgan fingerprint density at radius 1 is 1.06 bits per heavy atom. The first-order valence-corrected chi connectivity index (χ1v) is 10.5. The molecule has 0 spiro atoms. The van der Waals surface area contributed by atoms with Gasteiger partial charge in [0.05, 0.1) is 5.69 Å². The summed E-state index contributed by atoms with van der Waals surface area (Å²) in [5.74, 6) is -0.973. The van der Waals surface area contributed by atoms with Crippen LogP contribution in [0.4, 0.5) is 0 Å². The maximum atomic E-state index is 12.4. The van der Waals surface area contributed by atoms with Crippen molar-refractivity contribution in [3.8, 4) is 22.1 Å². The highest BCUT2D eigenvalue weighted by Crippen LogP contribution is 2.31. The molecule has 1 unspecified atom stereocenters. The number of hydrazine groups is 1. The van der Waals surface area contributed by atoms with Gasteiger partial charge >= 0.3 is 5.97 Å². The SMILES string of the molecule is Cc1nc(-c2ccccc2)sc1C(=O)OCC(=O)NNC(=O)C1COc2ccccc2O1. The number of carbonyl (C=O) groups excluding carboxylic acids is 3. The van der Waals surface area contributed by atoms with Crippen LogP contribution in [0.15, 0.2) is 54.6 Å². The third-order valence-corrected chi connectivity index (χ3v) is 5.65. The summed E-state index contributed by atoms with van der Waals surface area (Å²) in [6.45, 7) is 1.13. The molecular weight excluding hydrogens is 434 g/mol. The fraction of sp³-hybridized carbons (Fsp3) is 0.182. The average Bonchev–Trinajstić information content (AvgIpc) is 3.23. The van der Waals surface area contributed by atoms with E-state index in [-0.39, 0.29) is 6.61 Å². The highest BCUT2D eigenvalue weighted by molar-refractivity contribution is 7.17. The Kier molecular flexibility index (Phi) is 6.31. The quantitative estimate of drug-likeness (QED) is 0.450. The van der Waals surface area contributed by atoms with Gasteiger partial charge in [0.25, 0.3) is 11.8 Å². The second kappa shape index (κ2) is 9.48. The molecule has 4 rings (SSSR count). The number of carbonyl (C=O) groups is 3. The van der Waals surface area contributed by atoms with Crippen molar-refractivity contribution in [1.29, 1.82) is 0 Å². The van der Waals surface area contributed by atoms with E-state index < -0.39 is 30.5 Å². The summed E-state index contributed by atoms with van der Waals surface area (Å²) in [5.41, 5.74) is 5.83. The molecule has 32 heavy (non-hydrogen) atoms. The number of esters is 1. The van der Waals surface area contributed by atoms with Crippen molar-refractivity contribution in [3.05, 3.63) is 65.2 Å². The lowest BCUT2D eigenvalue weighted by Gasteiger charge is -2.25. The number of para-hydroxylation sites is 2. The van der Waals surface area contributed by atoms with Gasteiger partial charge in [-0.15, -0.1) is 11.3 Å². The van der Waals surface area contributed by atoms with Gasteiger partial charge in [-0.25, -0.2) is 9.78 Å². The van der Waals surface area contributed by atoms with Gasteiger partial charge in [0.15, 0.2) is 18.1 Å². The monoisotopic (exact) mass is 453 g/mol. The maximum Gasteiger partial charge on any atom is 0.350 e. The van der Waals surface area contributed by atoms with Crippen LogP contribution in [0.1, 0.15) is 15.4 Å². The molecular formula is C22H19N3O6S. The van der Waals surface area contributed by atoms with Crippen LogP contribution in [0, 0.1) is 6.92 Å². The summed E-state index contributed by atoms with van der Waals surface area (Å²) in [6, 6.07) is 16.4.